The number of carbonyl (C=O) groups excluding carboxylic acids is 1. The van der Waals surface area contributed by atoms with E-state index in [4.69, 9.17) is 20.3 Å². The van der Waals surface area contributed by atoms with Crippen LogP contribution in [0.5, 0.6) is 0 Å². The molecule has 2 aromatic heterocycles. The van der Waals surface area contributed by atoms with Crippen molar-refractivity contribution in [1.29, 1.82) is 0 Å². The van der Waals surface area contributed by atoms with Gasteiger partial charge in [-0.15, -0.1) is 0 Å². The molecule has 3 atom stereocenters. The van der Waals surface area contributed by atoms with E-state index in [9.17, 15) is 14.2 Å². The number of carboxylic acid groups (broad SMARTS) is 1. The van der Waals surface area contributed by atoms with Crippen molar-refractivity contribution in [2.45, 2.75) is 84.5 Å². The van der Waals surface area contributed by atoms with Crippen molar-refractivity contribution in [2.24, 2.45) is 0 Å². The predicted octanol–water partition coefficient (Wildman–Crippen LogP) is 2.52. The standard InChI is InChI=1S/C22H38N7O6P/c1-6-7-8-9-34-21(32)22(4,5)28-36(33,27-15(2)10-17(30)31)14-35-16(3)11-29-13-26-18-19(23)24-12-25-20(18)29/h12-13,15-16H,6-11,14H2,1-5H3,(H,30,31)(H2,23,24,25)(H2,27,28,33)/t15-,16+,36-/m0/s1. The van der Waals surface area contributed by atoms with Gasteiger partial charge in [0.15, 0.2) is 11.5 Å². The number of carbonyl (C=O) groups is 2. The summed E-state index contributed by atoms with van der Waals surface area (Å²) in [6.45, 7) is 9.17. The molecule has 2 heterocycles. The Bertz CT molecular complexity index is 1080. The second-order valence-electron chi connectivity index (χ2n) is 9.38. The summed E-state index contributed by atoms with van der Waals surface area (Å²) in [6.07, 6.45) is 4.59. The molecule has 0 aliphatic rings. The molecule has 0 spiro atoms. The van der Waals surface area contributed by atoms with Gasteiger partial charge in [-0.2, -0.15) is 0 Å². The third-order valence-electron chi connectivity index (χ3n) is 5.29. The van der Waals surface area contributed by atoms with Gasteiger partial charge in [-0.1, -0.05) is 19.8 Å². The Hall–Kier alpha value is -2.60. The maximum atomic E-state index is 13.9. The predicted molar refractivity (Wildman–Crippen MR) is 135 cm³/mol. The molecule has 202 valence electrons. The first-order chi connectivity index (χ1) is 16.9. The molecule has 0 fully saturated rings. The average Bonchev–Trinajstić information content (AvgIpc) is 3.18. The quantitative estimate of drug-likeness (QED) is 0.142. The number of unbranched alkanes of at least 4 members (excludes halogenated alkanes) is 2. The first kappa shape index (κ1) is 29.6. The number of nitrogens with two attached hydrogens (primary N) is 1. The van der Waals surface area contributed by atoms with E-state index in [1.807, 2.05) is 6.92 Å². The van der Waals surface area contributed by atoms with Crippen LogP contribution in [0.1, 0.15) is 60.3 Å². The number of nitrogen functional groups attached to an aromatic ring is 1. The molecular formula is C22H38N7O6P. The van der Waals surface area contributed by atoms with Gasteiger partial charge in [0, 0.05) is 6.04 Å². The molecule has 0 amide bonds. The van der Waals surface area contributed by atoms with Crippen LogP contribution < -0.4 is 15.9 Å². The zero-order valence-corrected chi connectivity index (χ0v) is 22.5. The van der Waals surface area contributed by atoms with Crippen molar-refractivity contribution >= 4 is 36.4 Å². The lowest BCUT2D eigenvalue weighted by atomic mass is 10.1. The Morgan fingerprint density at radius 2 is 1.97 bits per heavy atom. The number of hydrogen-bond acceptors (Lipinski definition) is 9. The minimum atomic E-state index is -3.61. The molecule has 0 unspecified atom stereocenters. The van der Waals surface area contributed by atoms with E-state index in [0.29, 0.717) is 17.7 Å². The summed E-state index contributed by atoms with van der Waals surface area (Å²) in [6, 6.07) is -0.645. The number of nitrogens with zero attached hydrogens (tertiary/aromatic N) is 4. The Morgan fingerprint density at radius 1 is 1.25 bits per heavy atom. The van der Waals surface area contributed by atoms with Gasteiger partial charge in [-0.25, -0.2) is 25.1 Å². The summed E-state index contributed by atoms with van der Waals surface area (Å²) in [4.78, 5) is 36.2. The van der Waals surface area contributed by atoms with E-state index < -0.39 is 37.1 Å². The summed E-state index contributed by atoms with van der Waals surface area (Å²) in [5, 5.41) is 14.8. The summed E-state index contributed by atoms with van der Waals surface area (Å²) in [5.41, 5.74) is 5.54. The van der Waals surface area contributed by atoms with E-state index >= 15 is 0 Å². The Balaban J connectivity index is 2.10. The highest BCUT2D eigenvalue weighted by molar-refractivity contribution is 7.59. The fourth-order valence-electron chi connectivity index (χ4n) is 3.55. The number of hydrogen-bond donors (Lipinski definition) is 4. The second-order valence-corrected chi connectivity index (χ2v) is 11.6. The summed E-state index contributed by atoms with van der Waals surface area (Å²) in [7, 11) is -3.61. The van der Waals surface area contributed by atoms with Gasteiger partial charge in [-0.3, -0.25) is 14.2 Å². The fraction of sp³-hybridized carbons (Fsp3) is 0.682. The third kappa shape index (κ3) is 8.81. The van der Waals surface area contributed by atoms with Crippen LogP contribution in [0.2, 0.25) is 0 Å². The van der Waals surface area contributed by atoms with Crippen molar-refractivity contribution in [3.8, 4) is 0 Å². The highest BCUT2D eigenvalue weighted by Crippen LogP contribution is 2.40. The SMILES string of the molecule is CCCCCOC(=O)C(C)(C)N[P@](=O)(CO[C@H](C)Cn1cnc2c(N)ncnc21)N[C@@H](C)CC(=O)O. The van der Waals surface area contributed by atoms with Gasteiger partial charge >= 0.3 is 11.9 Å². The molecular weight excluding hydrogens is 489 g/mol. The molecule has 14 heteroatoms. The summed E-state index contributed by atoms with van der Waals surface area (Å²) in [5.74, 6) is -1.33. The number of aliphatic carboxylic acids is 1. The van der Waals surface area contributed by atoms with Gasteiger partial charge in [0.05, 0.1) is 32.0 Å². The Labute approximate surface area is 211 Å². The highest BCUT2D eigenvalue weighted by Gasteiger charge is 2.38. The molecule has 0 saturated heterocycles. The van der Waals surface area contributed by atoms with Gasteiger partial charge in [0.1, 0.15) is 23.7 Å². The average molecular weight is 528 g/mol. The lowest BCUT2D eigenvalue weighted by Gasteiger charge is -2.32. The normalized spacial score (nSPS) is 15.4. The van der Waals surface area contributed by atoms with Crippen molar-refractivity contribution in [2.75, 3.05) is 18.7 Å². The molecule has 2 aromatic rings. The molecule has 0 radical (unpaired) electrons. The van der Waals surface area contributed by atoms with Gasteiger partial charge < -0.3 is 24.9 Å². The first-order valence-corrected chi connectivity index (χ1v) is 13.8. The van der Waals surface area contributed by atoms with Crippen molar-refractivity contribution in [3.05, 3.63) is 12.7 Å². The summed E-state index contributed by atoms with van der Waals surface area (Å²) < 4.78 is 26.9. The number of esters is 1. The van der Waals surface area contributed by atoms with Crippen LogP contribution in [0.3, 0.4) is 0 Å². The fourth-order valence-corrected chi connectivity index (χ4v) is 6.02. The van der Waals surface area contributed by atoms with E-state index in [1.54, 1.807) is 38.6 Å². The second kappa shape index (κ2) is 13.1. The first-order valence-electron chi connectivity index (χ1n) is 11.9. The summed E-state index contributed by atoms with van der Waals surface area (Å²) >= 11 is 0. The molecule has 0 aromatic carbocycles. The van der Waals surface area contributed by atoms with E-state index in [2.05, 4.69) is 25.1 Å². The Morgan fingerprint density at radius 3 is 2.64 bits per heavy atom. The smallest absolute Gasteiger partial charge is 0.326 e. The molecule has 0 aliphatic carbocycles. The Kier molecular flexibility index (Phi) is 10.8. The molecule has 0 bridgehead atoms. The molecule has 0 aliphatic heterocycles. The number of aromatic nitrogens is 4. The number of nitrogens with one attached hydrogen (secondary N) is 2. The minimum absolute atomic E-state index is 0.259. The number of imidazole rings is 1. The largest absolute Gasteiger partial charge is 0.481 e. The van der Waals surface area contributed by atoms with Gasteiger partial charge in [-0.05, 0) is 34.1 Å². The number of fused-ring (bicyclic) bond motifs is 1. The maximum absolute atomic E-state index is 13.9. The van der Waals surface area contributed by atoms with Crippen LogP contribution in [0, 0.1) is 0 Å². The van der Waals surface area contributed by atoms with E-state index in [1.165, 1.54) is 6.33 Å². The molecule has 36 heavy (non-hydrogen) atoms. The van der Waals surface area contributed by atoms with Crippen LogP contribution in [0.25, 0.3) is 11.2 Å². The number of ether oxygens (including phenoxy) is 2. The highest BCUT2D eigenvalue weighted by atomic mass is 31.2. The third-order valence-corrected chi connectivity index (χ3v) is 7.58. The van der Waals surface area contributed by atoms with Crippen molar-refractivity contribution < 1.29 is 28.7 Å². The lowest BCUT2D eigenvalue weighted by molar-refractivity contribution is -0.149. The minimum Gasteiger partial charge on any atom is -0.481 e. The zero-order valence-electron chi connectivity index (χ0n) is 21.6. The number of rotatable bonds is 16. The van der Waals surface area contributed by atoms with E-state index in [-0.39, 0.29) is 25.2 Å². The topological polar surface area (TPSA) is 184 Å². The number of anilines is 1. The van der Waals surface area contributed by atoms with Crippen LogP contribution in [-0.4, -0.2) is 67.2 Å². The van der Waals surface area contributed by atoms with Crippen LogP contribution in [0.4, 0.5) is 5.82 Å². The maximum Gasteiger partial charge on any atom is 0.326 e. The lowest BCUT2D eigenvalue weighted by Crippen LogP contribution is -2.49. The number of carboxylic acids is 1. The van der Waals surface area contributed by atoms with Crippen LogP contribution >= 0.6 is 7.44 Å². The monoisotopic (exact) mass is 527 g/mol. The van der Waals surface area contributed by atoms with Gasteiger partial charge in [0.25, 0.3) is 0 Å². The van der Waals surface area contributed by atoms with Gasteiger partial charge in [0.2, 0.25) is 7.44 Å². The molecule has 2 rings (SSSR count). The zero-order chi connectivity index (χ0) is 26.9. The van der Waals surface area contributed by atoms with Crippen molar-refractivity contribution in [1.82, 2.24) is 29.7 Å². The van der Waals surface area contributed by atoms with Crippen LogP contribution in [0.15, 0.2) is 12.7 Å². The molecule has 13 nitrogen and oxygen atoms in total. The molecule has 5 N–H and O–H groups in total. The van der Waals surface area contributed by atoms with Crippen LogP contribution in [-0.2, 0) is 30.2 Å². The van der Waals surface area contributed by atoms with Crippen molar-refractivity contribution in [3.63, 3.8) is 0 Å². The molecule has 0 saturated carbocycles. The van der Waals surface area contributed by atoms with E-state index in [0.717, 1.165) is 19.3 Å².